The van der Waals surface area contributed by atoms with Crippen molar-refractivity contribution in [1.29, 1.82) is 0 Å². The quantitative estimate of drug-likeness (QED) is 0.780. The Kier molecular flexibility index (Phi) is 4.60. The predicted octanol–water partition coefficient (Wildman–Crippen LogP) is 1.94. The fraction of sp³-hybridized carbons (Fsp3) is 0.824. The minimum absolute atomic E-state index is 0.157. The highest BCUT2D eigenvalue weighted by molar-refractivity contribution is 6.09. The Morgan fingerprint density at radius 3 is 2.57 bits per heavy atom. The highest BCUT2D eigenvalue weighted by atomic mass is 16.2. The molecule has 0 unspecified atom stereocenters. The molecule has 4 amide bonds. The number of amides is 4. The lowest BCUT2D eigenvalue weighted by molar-refractivity contribution is -0.136. The molecule has 23 heavy (non-hydrogen) atoms. The molecule has 0 aromatic rings. The maximum atomic E-state index is 12.6. The summed E-state index contributed by atoms with van der Waals surface area (Å²) in [7, 11) is 0. The normalized spacial score (nSPS) is 30.4. The molecule has 128 valence electrons. The summed E-state index contributed by atoms with van der Waals surface area (Å²) in [6, 6.07) is -0.246. The van der Waals surface area contributed by atoms with Gasteiger partial charge in [-0.05, 0) is 31.6 Å². The largest absolute Gasteiger partial charge is 0.352 e. The number of hydrogen-bond acceptors (Lipinski definition) is 3. The minimum atomic E-state index is -0.742. The van der Waals surface area contributed by atoms with Gasteiger partial charge in [-0.3, -0.25) is 14.5 Å². The van der Waals surface area contributed by atoms with Gasteiger partial charge in [0.2, 0.25) is 5.91 Å². The second kappa shape index (κ2) is 6.49. The molecule has 1 heterocycles. The summed E-state index contributed by atoms with van der Waals surface area (Å²) in [5.74, 6) is 0.0228. The molecule has 1 saturated heterocycles. The van der Waals surface area contributed by atoms with Crippen LogP contribution in [-0.2, 0) is 9.59 Å². The zero-order chi connectivity index (χ0) is 16.4. The first-order valence-electron chi connectivity index (χ1n) is 8.95. The minimum Gasteiger partial charge on any atom is -0.352 e. The molecular weight excluding hydrogens is 294 g/mol. The lowest BCUT2D eigenvalue weighted by atomic mass is 9.82. The molecule has 0 aromatic heterocycles. The first-order valence-corrected chi connectivity index (χ1v) is 8.95. The molecule has 0 aromatic carbocycles. The van der Waals surface area contributed by atoms with Crippen LogP contribution in [0.25, 0.3) is 0 Å². The molecule has 2 saturated carbocycles. The summed E-state index contributed by atoms with van der Waals surface area (Å²) in [5, 5.41) is 5.86. The lowest BCUT2D eigenvalue weighted by Gasteiger charge is -2.31. The smallest absolute Gasteiger partial charge is 0.325 e. The van der Waals surface area contributed by atoms with E-state index in [1.807, 2.05) is 0 Å². The molecule has 3 fully saturated rings. The number of imide groups is 1. The number of nitrogens with one attached hydrogen (secondary N) is 2. The summed E-state index contributed by atoms with van der Waals surface area (Å²) >= 11 is 0. The van der Waals surface area contributed by atoms with Gasteiger partial charge in [0.1, 0.15) is 12.1 Å². The van der Waals surface area contributed by atoms with Gasteiger partial charge in [-0.1, -0.05) is 39.0 Å². The van der Waals surface area contributed by atoms with Crippen molar-refractivity contribution in [2.45, 2.75) is 76.3 Å². The third-order valence-electron chi connectivity index (χ3n) is 5.71. The van der Waals surface area contributed by atoms with E-state index in [2.05, 4.69) is 17.6 Å². The average molecular weight is 321 g/mol. The maximum Gasteiger partial charge on any atom is 0.325 e. The molecule has 2 atom stereocenters. The van der Waals surface area contributed by atoms with Crippen molar-refractivity contribution in [3.63, 3.8) is 0 Å². The van der Waals surface area contributed by atoms with Crippen LogP contribution >= 0.6 is 0 Å². The topological polar surface area (TPSA) is 78.5 Å². The molecule has 6 heteroatoms. The number of rotatable bonds is 3. The first kappa shape index (κ1) is 16.3. The second-order valence-electron chi connectivity index (χ2n) is 7.40. The van der Waals surface area contributed by atoms with E-state index >= 15 is 0 Å². The zero-order valence-electron chi connectivity index (χ0n) is 13.9. The summed E-state index contributed by atoms with van der Waals surface area (Å²) in [6.07, 6.45) is 8.83. The Hall–Kier alpha value is -1.59. The van der Waals surface area contributed by atoms with Crippen molar-refractivity contribution in [2.75, 3.05) is 6.54 Å². The molecule has 1 aliphatic heterocycles. The Labute approximate surface area is 137 Å². The zero-order valence-corrected chi connectivity index (χ0v) is 13.9. The van der Waals surface area contributed by atoms with Crippen LogP contribution < -0.4 is 10.6 Å². The van der Waals surface area contributed by atoms with Crippen LogP contribution in [0.3, 0.4) is 0 Å². The van der Waals surface area contributed by atoms with Crippen molar-refractivity contribution in [1.82, 2.24) is 15.5 Å². The van der Waals surface area contributed by atoms with Crippen LogP contribution in [-0.4, -0.2) is 40.9 Å². The van der Waals surface area contributed by atoms with Crippen molar-refractivity contribution in [3.05, 3.63) is 0 Å². The van der Waals surface area contributed by atoms with E-state index in [9.17, 15) is 14.4 Å². The number of urea groups is 1. The molecule has 1 spiro atoms. The monoisotopic (exact) mass is 321 g/mol. The number of hydrogen-bond donors (Lipinski definition) is 2. The Morgan fingerprint density at radius 2 is 1.87 bits per heavy atom. The van der Waals surface area contributed by atoms with Gasteiger partial charge in [-0.25, -0.2) is 4.79 Å². The van der Waals surface area contributed by atoms with E-state index in [-0.39, 0.29) is 24.4 Å². The van der Waals surface area contributed by atoms with Gasteiger partial charge in [0.25, 0.3) is 5.91 Å². The van der Waals surface area contributed by atoms with Crippen molar-refractivity contribution in [3.8, 4) is 0 Å². The van der Waals surface area contributed by atoms with Crippen molar-refractivity contribution in [2.24, 2.45) is 5.92 Å². The van der Waals surface area contributed by atoms with E-state index in [1.54, 1.807) is 0 Å². The fourth-order valence-electron chi connectivity index (χ4n) is 4.24. The van der Waals surface area contributed by atoms with E-state index in [0.717, 1.165) is 43.4 Å². The van der Waals surface area contributed by atoms with Crippen molar-refractivity contribution >= 4 is 17.8 Å². The molecule has 2 aliphatic carbocycles. The summed E-state index contributed by atoms with van der Waals surface area (Å²) in [5.41, 5.74) is -0.742. The van der Waals surface area contributed by atoms with E-state index in [0.29, 0.717) is 18.8 Å². The SMILES string of the molecule is C[C@H]1CCCC[C@H]1NC(=O)CN1C(=O)NC2(CCCCC2)C1=O. The average Bonchev–Trinajstić information content (AvgIpc) is 2.75. The van der Waals surface area contributed by atoms with Gasteiger partial charge in [-0.15, -0.1) is 0 Å². The fourth-order valence-corrected chi connectivity index (χ4v) is 4.24. The van der Waals surface area contributed by atoms with Gasteiger partial charge in [0, 0.05) is 6.04 Å². The Morgan fingerprint density at radius 1 is 1.17 bits per heavy atom. The summed E-state index contributed by atoms with van der Waals surface area (Å²) < 4.78 is 0. The van der Waals surface area contributed by atoms with Crippen LogP contribution in [0.2, 0.25) is 0 Å². The van der Waals surface area contributed by atoms with E-state index in [4.69, 9.17) is 0 Å². The molecule has 0 bridgehead atoms. The predicted molar refractivity (Wildman–Crippen MR) is 85.6 cm³/mol. The first-order chi connectivity index (χ1) is 11.0. The highest BCUT2D eigenvalue weighted by Crippen LogP contribution is 2.33. The van der Waals surface area contributed by atoms with Crippen molar-refractivity contribution < 1.29 is 14.4 Å². The highest BCUT2D eigenvalue weighted by Gasteiger charge is 2.51. The van der Waals surface area contributed by atoms with Gasteiger partial charge in [0.05, 0.1) is 0 Å². The second-order valence-corrected chi connectivity index (χ2v) is 7.40. The maximum absolute atomic E-state index is 12.6. The van der Waals surface area contributed by atoms with E-state index < -0.39 is 11.6 Å². The van der Waals surface area contributed by atoms with Crippen LogP contribution in [0.15, 0.2) is 0 Å². The number of nitrogens with zero attached hydrogens (tertiary/aromatic N) is 1. The van der Waals surface area contributed by atoms with Gasteiger partial charge in [0.15, 0.2) is 0 Å². The van der Waals surface area contributed by atoms with E-state index in [1.165, 1.54) is 6.42 Å². The van der Waals surface area contributed by atoms with Gasteiger partial charge < -0.3 is 10.6 Å². The molecule has 2 N–H and O–H groups in total. The molecule has 3 rings (SSSR count). The molecule has 3 aliphatic rings. The van der Waals surface area contributed by atoms with Crippen LogP contribution in [0.5, 0.6) is 0 Å². The van der Waals surface area contributed by atoms with Gasteiger partial charge in [-0.2, -0.15) is 0 Å². The van der Waals surface area contributed by atoms with Crippen LogP contribution in [0.4, 0.5) is 4.79 Å². The lowest BCUT2D eigenvalue weighted by Crippen LogP contribution is -2.50. The van der Waals surface area contributed by atoms with Crippen LogP contribution in [0, 0.1) is 5.92 Å². The Balaban J connectivity index is 1.59. The summed E-state index contributed by atoms with van der Waals surface area (Å²) in [4.78, 5) is 38.2. The Bertz CT molecular complexity index is 499. The number of carbonyl (C=O) groups is 3. The molecule has 0 radical (unpaired) electrons. The van der Waals surface area contributed by atoms with Gasteiger partial charge >= 0.3 is 6.03 Å². The number of carbonyl (C=O) groups excluding carboxylic acids is 3. The van der Waals surface area contributed by atoms with Crippen LogP contribution in [0.1, 0.15) is 64.7 Å². The third kappa shape index (κ3) is 3.21. The molecular formula is C17H27N3O3. The molecule has 6 nitrogen and oxygen atoms in total. The third-order valence-corrected chi connectivity index (χ3v) is 5.71. The standard InChI is InChI=1S/C17H27N3O3/c1-12-7-3-4-8-13(12)18-14(21)11-20-15(22)17(19-16(20)23)9-5-2-6-10-17/h12-13H,2-11H2,1H3,(H,18,21)(H,19,23)/t12-,13+/m0/s1. The summed E-state index contributed by atoms with van der Waals surface area (Å²) in [6.45, 7) is 1.99.